The minimum atomic E-state index is -0.00179. The smallest absolute Gasteiger partial charge is 0.254 e. The molecule has 2 N–H and O–H groups in total. The molecule has 2 aromatic rings. The van der Waals surface area contributed by atoms with Crippen LogP contribution >= 0.6 is 34.2 Å². The molecule has 0 aromatic heterocycles. The van der Waals surface area contributed by atoms with E-state index < -0.39 is 0 Å². The van der Waals surface area contributed by atoms with Gasteiger partial charge in [-0.1, -0.05) is 17.7 Å². The van der Waals surface area contributed by atoms with Gasteiger partial charge in [0.2, 0.25) is 0 Å². The van der Waals surface area contributed by atoms with Crippen molar-refractivity contribution in [2.24, 2.45) is 0 Å². The maximum absolute atomic E-state index is 12.5. The molecule has 20 heavy (non-hydrogen) atoms. The first kappa shape index (κ1) is 13.7. The molecule has 0 saturated carbocycles. The lowest BCUT2D eigenvalue weighted by molar-refractivity contribution is 0.0751. The normalized spacial score (nSPS) is 13.4. The number of halogens is 2. The minimum absolute atomic E-state index is 0.00179. The second kappa shape index (κ2) is 5.26. The molecule has 1 heterocycles. The summed E-state index contributed by atoms with van der Waals surface area (Å²) in [7, 11) is 0. The number of nitrogens with zero attached hydrogens (tertiary/aromatic N) is 1. The summed E-state index contributed by atoms with van der Waals surface area (Å²) in [6.07, 6.45) is 0. The number of nitrogen functional groups attached to an aromatic ring is 1. The second-order valence-electron chi connectivity index (χ2n) is 4.82. The molecule has 0 unspecified atom stereocenters. The van der Waals surface area contributed by atoms with Gasteiger partial charge in [0.15, 0.2) is 0 Å². The molecule has 5 heteroatoms. The van der Waals surface area contributed by atoms with E-state index >= 15 is 0 Å². The van der Waals surface area contributed by atoms with Crippen LogP contribution in [-0.4, -0.2) is 10.8 Å². The van der Waals surface area contributed by atoms with Gasteiger partial charge >= 0.3 is 0 Å². The Bertz CT molecular complexity index is 702. The fourth-order valence-electron chi connectivity index (χ4n) is 2.37. The van der Waals surface area contributed by atoms with E-state index in [-0.39, 0.29) is 5.91 Å². The van der Waals surface area contributed by atoms with E-state index in [1.165, 1.54) is 0 Å². The van der Waals surface area contributed by atoms with Crippen molar-refractivity contribution in [1.29, 1.82) is 0 Å². The van der Waals surface area contributed by atoms with Gasteiger partial charge in [0, 0.05) is 27.9 Å². The monoisotopic (exact) mass is 398 g/mol. The zero-order chi connectivity index (χ0) is 14.3. The highest BCUT2D eigenvalue weighted by Gasteiger charge is 2.24. The van der Waals surface area contributed by atoms with Crippen LogP contribution in [0.1, 0.15) is 21.5 Å². The highest BCUT2D eigenvalue weighted by atomic mass is 127. The number of benzene rings is 2. The average molecular weight is 399 g/mol. The van der Waals surface area contributed by atoms with E-state index in [4.69, 9.17) is 17.3 Å². The number of fused-ring (bicyclic) bond motifs is 1. The number of anilines is 1. The molecular formula is C15H12ClIN2O. The molecule has 3 nitrogen and oxygen atoms in total. The molecule has 3 rings (SSSR count). The molecule has 1 aliphatic rings. The first-order chi connectivity index (χ1) is 9.54. The summed E-state index contributed by atoms with van der Waals surface area (Å²) in [6, 6.07) is 11.2. The molecule has 0 fully saturated rings. The van der Waals surface area contributed by atoms with Gasteiger partial charge in [0.25, 0.3) is 5.91 Å². The van der Waals surface area contributed by atoms with E-state index in [0.717, 1.165) is 20.4 Å². The summed E-state index contributed by atoms with van der Waals surface area (Å²) in [5.74, 6) is -0.00179. The molecule has 1 amide bonds. The standard InChI is InChI=1S/C15H12ClIN2O/c16-13-6-9(2-4-14(13)17)15(20)19-7-10-1-3-12(18)5-11(10)8-19/h1-6H,7-8,18H2. The summed E-state index contributed by atoms with van der Waals surface area (Å²) < 4.78 is 0.943. The van der Waals surface area contributed by atoms with Crippen molar-refractivity contribution < 1.29 is 4.79 Å². The van der Waals surface area contributed by atoms with Crippen LogP contribution in [0.4, 0.5) is 5.69 Å². The lowest BCUT2D eigenvalue weighted by Crippen LogP contribution is -2.25. The van der Waals surface area contributed by atoms with E-state index in [9.17, 15) is 4.79 Å². The molecule has 0 aliphatic carbocycles. The van der Waals surface area contributed by atoms with Crippen LogP contribution in [0.5, 0.6) is 0 Å². The Labute approximate surface area is 135 Å². The Morgan fingerprint density at radius 2 is 1.90 bits per heavy atom. The van der Waals surface area contributed by atoms with E-state index in [2.05, 4.69) is 22.6 Å². The van der Waals surface area contributed by atoms with Crippen molar-refractivity contribution in [3.8, 4) is 0 Å². The van der Waals surface area contributed by atoms with Gasteiger partial charge in [-0.05, 0) is 64.0 Å². The minimum Gasteiger partial charge on any atom is -0.399 e. The van der Waals surface area contributed by atoms with Crippen LogP contribution in [-0.2, 0) is 13.1 Å². The first-order valence-electron chi connectivity index (χ1n) is 6.16. The highest BCUT2D eigenvalue weighted by molar-refractivity contribution is 14.1. The number of hydrogen-bond acceptors (Lipinski definition) is 2. The number of nitrogens with two attached hydrogens (primary N) is 1. The number of carbonyl (C=O) groups is 1. The summed E-state index contributed by atoms with van der Waals surface area (Å²) in [5, 5.41) is 0.609. The van der Waals surface area contributed by atoms with Crippen molar-refractivity contribution in [2.75, 3.05) is 5.73 Å². The Morgan fingerprint density at radius 3 is 2.65 bits per heavy atom. The fourth-order valence-corrected chi connectivity index (χ4v) is 2.89. The van der Waals surface area contributed by atoms with E-state index in [1.807, 2.05) is 35.2 Å². The van der Waals surface area contributed by atoms with Crippen LogP contribution in [0.25, 0.3) is 0 Å². The summed E-state index contributed by atoms with van der Waals surface area (Å²) in [5.41, 5.74) is 9.41. The maximum Gasteiger partial charge on any atom is 0.254 e. The summed E-state index contributed by atoms with van der Waals surface area (Å²) >= 11 is 8.23. The Hall–Kier alpha value is -1.27. The van der Waals surface area contributed by atoms with Gasteiger partial charge in [0.05, 0.1) is 5.02 Å². The Balaban J connectivity index is 1.85. The van der Waals surface area contributed by atoms with Gasteiger partial charge in [-0.3, -0.25) is 4.79 Å². The lowest BCUT2D eigenvalue weighted by Gasteiger charge is -2.15. The van der Waals surface area contributed by atoms with Crippen molar-refractivity contribution in [3.63, 3.8) is 0 Å². The predicted molar refractivity (Wildman–Crippen MR) is 88.6 cm³/mol. The molecule has 0 radical (unpaired) electrons. The van der Waals surface area contributed by atoms with Gasteiger partial charge in [0.1, 0.15) is 0 Å². The Kier molecular flexibility index (Phi) is 3.60. The van der Waals surface area contributed by atoms with Crippen LogP contribution in [0.2, 0.25) is 5.02 Å². The number of hydrogen-bond donors (Lipinski definition) is 1. The lowest BCUT2D eigenvalue weighted by atomic mass is 10.1. The SMILES string of the molecule is Nc1ccc2c(c1)CN(C(=O)c1ccc(I)c(Cl)c1)C2. The first-order valence-corrected chi connectivity index (χ1v) is 7.62. The number of carbonyl (C=O) groups excluding carboxylic acids is 1. The third kappa shape index (κ3) is 2.50. The van der Waals surface area contributed by atoms with Crippen molar-refractivity contribution in [3.05, 3.63) is 61.7 Å². The van der Waals surface area contributed by atoms with Gasteiger partial charge in [-0.15, -0.1) is 0 Å². The Morgan fingerprint density at radius 1 is 1.15 bits per heavy atom. The third-order valence-corrected chi connectivity index (χ3v) is 4.98. The van der Waals surface area contributed by atoms with E-state index in [0.29, 0.717) is 23.7 Å². The zero-order valence-corrected chi connectivity index (χ0v) is 13.5. The van der Waals surface area contributed by atoms with Gasteiger partial charge < -0.3 is 10.6 Å². The second-order valence-corrected chi connectivity index (χ2v) is 6.39. The van der Waals surface area contributed by atoms with Gasteiger partial charge in [-0.2, -0.15) is 0 Å². The largest absolute Gasteiger partial charge is 0.399 e. The molecule has 0 atom stereocenters. The van der Waals surface area contributed by atoms with Crippen LogP contribution < -0.4 is 5.73 Å². The molecule has 2 aromatic carbocycles. The molecule has 0 bridgehead atoms. The molecule has 1 aliphatic heterocycles. The molecule has 102 valence electrons. The highest BCUT2D eigenvalue weighted by Crippen LogP contribution is 2.27. The van der Waals surface area contributed by atoms with Crippen molar-refractivity contribution in [2.45, 2.75) is 13.1 Å². The van der Waals surface area contributed by atoms with E-state index in [1.54, 1.807) is 6.07 Å². The zero-order valence-electron chi connectivity index (χ0n) is 10.6. The molecule has 0 spiro atoms. The average Bonchev–Trinajstić information content (AvgIpc) is 2.84. The third-order valence-electron chi connectivity index (χ3n) is 3.41. The number of rotatable bonds is 1. The quantitative estimate of drug-likeness (QED) is 0.588. The van der Waals surface area contributed by atoms with Gasteiger partial charge in [-0.25, -0.2) is 0 Å². The molecule has 0 saturated heterocycles. The predicted octanol–water partition coefficient (Wildman–Crippen LogP) is 3.68. The van der Waals surface area contributed by atoms with Crippen LogP contribution in [0.3, 0.4) is 0 Å². The summed E-state index contributed by atoms with van der Waals surface area (Å²) in [6.45, 7) is 1.22. The molecular weight excluding hydrogens is 387 g/mol. The fraction of sp³-hybridized carbons (Fsp3) is 0.133. The summed E-state index contributed by atoms with van der Waals surface area (Å²) in [4.78, 5) is 14.3. The number of amides is 1. The van der Waals surface area contributed by atoms with Crippen LogP contribution in [0, 0.1) is 3.57 Å². The van der Waals surface area contributed by atoms with Crippen LogP contribution in [0.15, 0.2) is 36.4 Å². The topological polar surface area (TPSA) is 46.3 Å². The maximum atomic E-state index is 12.5. The van der Waals surface area contributed by atoms with Crippen molar-refractivity contribution in [1.82, 2.24) is 4.90 Å². The van der Waals surface area contributed by atoms with Crippen molar-refractivity contribution >= 4 is 45.8 Å².